The Kier molecular flexibility index (Phi) is 7.24. The monoisotopic (exact) mass is 433 g/mol. The second-order valence-electron chi connectivity index (χ2n) is 7.99. The summed E-state index contributed by atoms with van der Waals surface area (Å²) in [5.74, 6) is 0.946. The van der Waals surface area contributed by atoms with E-state index in [0.29, 0.717) is 10.0 Å². The van der Waals surface area contributed by atoms with Gasteiger partial charge in [-0.15, -0.1) is 10.2 Å². The van der Waals surface area contributed by atoms with Crippen LogP contribution < -0.4 is 4.90 Å². The molecule has 3 heterocycles. The first-order valence-electron chi connectivity index (χ1n) is 10.7. The molecule has 29 heavy (non-hydrogen) atoms. The summed E-state index contributed by atoms with van der Waals surface area (Å²) in [6.45, 7) is 9.24. The van der Waals surface area contributed by atoms with Crippen LogP contribution in [0.1, 0.15) is 25.7 Å². The Morgan fingerprint density at radius 1 is 0.724 bits per heavy atom. The molecule has 1 aromatic heterocycles. The number of benzene rings is 1. The van der Waals surface area contributed by atoms with Gasteiger partial charge in [-0.25, -0.2) is 0 Å². The molecule has 0 N–H and O–H groups in total. The van der Waals surface area contributed by atoms with E-state index in [4.69, 9.17) is 23.2 Å². The molecular weight excluding hydrogens is 405 g/mol. The SMILES string of the molecule is Clc1ccc(-c2ccc(N3CCN(CCCN4CCCCC4)CC3)nn2)cc1Cl. The standard InChI is InChI=1S/C22H29Cl2N5/c23-19-6-5-18(17-20(19)24)21-7-8-22(26-25-21)29-15-13-28(14-16-29)12-4-11-27-9-2-1-3-10-27/h5-8,17H,1-4,9-16H2. The summed E-state index contributed by atoms with van der Waals surface area (Å²) in [7, 11) is 0. The first-order chi connectivity index (χ1) is 14.2. The smallest absolute Gasteiger partial charge is 0.151 e. The van der Waals surface area contributed by atoms with Gasteiger partial charge in [-0.05, 0) is 69.7 Å². The molecule has 0 atom stereocenters. The van der Waals surface area contributed by atoms with Gasteiger partial charge in [0.1, 0.15) is 0 Å². The minimum Gasteiger partial charge on any atom is -0.353 e. The summed E-state index contributed by atoms with van der Waals surface area (Å²) in [6.07, 6.45) is 5.45. The molecule has 0 saturated carbocycles. The van der Waals surface area contributed by atoms with Crippen LogP contribution in [0, 0.1) is 0 Å². The van der Waals surface area contributed by atoms with Gasteiger partial charge < -0.3 is 9.80 Å². The highest BCUT2D eigenvalue weighted by Crippen LogP contribution is 2.27. The molecule has 4 rings (SSSR count). The molecular formula is C22H29Cl2N5. The third-order valence-electron chi connectivity index (χ3n) is 5.96. The first kappa shape index (κ1) is 20.9. The summed E-state index contributed by atoms with van der Waals surface area (Å²) in [4.78, 5) is 7.54. The van der Waals surface area contributed by atoms with Crippen molar-refractivity contribution in [2.45, 2.75) is 25.7 Å². The number of piperidine rings is 1. The predicted octanol–water partition coefficient (Wildman–Crippen LogP) is 4.45. The average Bonchev–Trinajstić information content (AvgIpc) is 2.77. The third kappa shape index (κ3) is 5.60. The van der Waals surface area contributed by atoms with E-state index in [-0.39, 0.29) is 0 Å². The molecule has 0 aliphatic carbocycles. The molecule has 2 saturated heterocycles. The maximum atomic E-state index is 6.11. The summed E-state index contributed by atoms with van der Waals surface area (Å²) >= 11 is 12.1. The summed E-state index contributed by atoms with van der Waals surface area (Å²) in [6, 6.07) is 9.60. The van der Waals surface area contributed by atoms with Gasteiger partial charge in [-0.2, -0.15) is 0 Å². The van der Waals surface area contributed by atoms with Crippen LogP contribution >= 0.6 is 23.2 Å². The Labute approximate surface area is 183 Å². The Hall–Kier alpha value is -1.40. The lowest BCUT2D eigenvalue weighted by atomic mass is 10.1. The molecule has 7 heteroatoms. The highest BCUT2D eigenvalue weighted by molar-refractivity contribution is 6.42. The third-order valence-corrected chi connectivity index (χ3v) is 6.70. The molecule has 0 bridgehead atoms. The van der Waals surface area contributed by atoms with Crippen molar-refractivity contribution < 1.29 is 0 Å². The summed E-state index contributed by atoms with van der Waals surface area (Å²) < 4.78 is 0. The Bertz CT molecular complexity index is 784. The number of hydrogen-bond donors (Lipinski definition) is 0. The van der Waals surface area contributed by atoms with Gasteiger partial charge in [0.2, 0.25) is 0 Å². The molecule has 0 radical (unpaired) electrons. The zero-order chi connectivity index (χ0) is 20.1. The molecule has 156 valence electrons. The van der Waals surface area contributed by atoms with Gasteiger partial charge in [-0.3, -0.25) is 4.90 Å². The molecule has 2 aromatic rings. The van der Waals surface area contributed by atoms with Crippen molar-refractivity contribution in [1.82, 2.24) is 20.0 Å². The van der Waals surface area contributed by atoms with Crippen molar-refractivity contribution in [3.8, 4) is 11.3 Å². The number of piperazine rings is 1. The normalized spacial score (nSPS) is 18.9. The van der Waals surface area contributed by atoms with Crippen molar-refractivity contribution in [2.24, 2.45) is 0 Å². The van der Waals surface area contributed by atoms with Crippen LogP contribution in [-0.4, -0.2) is 72.4 Å². The number of hydrogen-bond acceptors (Lipinski definition) is 5. The van der Waals surface area contributed by atoms with E-state index < -0.39 is 0 Å². The van der Waals surface area contributed by atoms with Gasteiger partial charge in [0.15, 0.2) is 5.82 Å². The molecule has 0 spiro atoms. The van der Waals surface area contributed by atoms with Crippen LogP contribution in [0.2, 0.25) is 10.0 Å². The van der Waals surface area contributed by atoms with Crippen molar-refractivity contribution in [2.75, 3.05) is 57.3 Å². The Morgan fingerprint density at radius 2 is 1.45 bits per heavy atom. The average molecular weight is 434 g/mol. The molecule has 2 fully saturated rings. The minimum atomic E-state index is 0.534. The fraction of sp³-hybridized carbons (Fsp3) is 0.545. The van der Waals surface area contributed by atoms with E-state index in [9.17, 15) is 0 Å². The van der Waals surface area contributed by atoms with Crippen LogP contribution in [0.5, 0.6) is 0 Å². The van der Waals surface area contributed by atoms with Crippen molar-refractivity contribution in [3.05, 3.63) is 40.4 Å². The number of nitrogens with zero attached hydrogens (tertiary/aromatic N) is 5. The quantitative estimate of drug-likeness (QED) is 0.672. The van der Waals surface area contributed by atoms with Gasteiger partial charge >= 0.3 is 0 Å². The fourth-order valence-electron chi connectivity index (χ4n) is 4.20. The molecule has 2 aliphatic rings. The molecule has 0 amide bonds. The molecule has 0 unspecified atom stereocenters. The molecule has 1 aromatic carbocycles. The van der Waals surface area contributed by atoms with Crippen LogP contribution in [0.3, 0.4) is 0 Å². The van der Waals surface area contributed by atoms with Crippen LogP contribution in [0.15, 0.2) is 30.3 Å². The van der Waals surface area contributed by atoms with E-state index in [0.717, 1.165) is 43.3 Å². The number of rotatable bonds is 6. The van der Waals surface area contributed by atoms with Crippen molar-refractivity contribution in [3.63, 3.8) is 0 Å². The van der Waals surface area contributed by atoms with Crippen molar-refractivity contribution >= 4 is 29.0 Å². The lowest BCUT2D eigenvalue weighted by Gasteiger charge is -2.35. The molecule has 2 aliphatic heterocycles. The highest BCUT2D eigenvalue weighted by atomic mass is 35.5. The zero-order valence-corrected chi connectivity index (χ0v) is 18.4. The molecule has 5 nitrogen and oxygen atoms in total. The second-order valence-corrected chi connectivity index (χ2v) is 8.80. The lowest BCUT2D eigenvalue weighted by molar-refractivity contribution is 0.198. The maximum Gasteiger partial charge on any atom is 0.151 e. The van der Waals surface area contributed by atoms with Gasteiger partial charge in [-0.1, -0.05) is 35.7 Å². The van der Waals surface area contributed by atoms with E-state index in [1.54, 1.807) is 6.07 Å². The highest BCUT2D eigenvalue weighted by Gasteiger charge is 2.19. The number of anilines is 1. The summed E-state index contributed by atoms with van der Waals surface area (Å²) in [5, 5.41) is 9.94. The minimum absolute atomic E-state index is 0.534. The van der Waals surface area contributed by atoms with Gasteiger partial charge in [0.05, 0.1) is 15.7 Å². The van der Waals surface area contributed by atoms with Crippen LogP contribution in [0.4, 0.5) is 5.82 Å². The Balaban J connectivity index is 1.24. The second kappa shape index (κ2) is 10.1. The fourth-order valence-corrected chi connectivity index (χ4v) is 4.50. The van der Waals surface area contributed by atoms with E-state index in [1.807, 2.05) is 18.2 Å². The van der Waals surface area contributed by atoms with Crippen LogP contribution in [0.25, 0.3) is 11.3 Å². The largest absolute Gasteiger partial charge is 0.353 e. The van der Waals surface area contributed by atoms with E-state index in [2.05, 4.69) is 31.0 Å². The predicted molar refractivity (Wildman–Crippen MR) is 121 cm³/mol. The number of aromatic nitrogens is 2. The number of likely N-dealkylation sites (tertiary alicyclic amines) is 1. The summed E-state index contributed by atoms with van der Waals surface area (Å²) in [5.41, 5.74) is 1.74. The van der Waals surface area contributed by atoms with Crippen molar-refractivity contribution in [1.29, 1.82) is 0 Å². The van der Waals surface area contributed by atoms with E-state index in [1.165, 1.54) is 51.9 Å². The zero-order valence-electron chi connectivity index (χ0n) is 16.9. The van der Waals surface area contributed by atoms with Gasteiger partial charge in [0, 0.05) is 31.7 Å². The van der Waals surface area contributed by atoms with E-state index >= 15 is 0 Å². The maximum absolute atomic E-state index is 6.11. The van der Waals surface area contributed by atoms with Gasteiger partial charge in [0.25, 0.3) is 0 Å². The first-order valence-corrected chi connectivity index (χ1v) is 11.4. The number of halogens is 2. The van der Waals surface area contributed by atoms with Crippen LogP contribution in [-0.2, 0) is 0 Å². The lowest BCUT2D eigenvalue weighted by Crippen LogP contribution is -2.47. The topological polar surface area (TPSA) is 35.5 Å². The Morgan fingerprint density at radius 3 is 2.10 bits per heavy atom.